The highest BCUT2D eigenvalue weighted by molar-refractivity contribution is 5.94. The third kappa shape index (κ3) is 3.21. The molecular formula is C15H24N2O. The maximum Gasteiger partial charge on any atom is 0.266 e. The lowest BCUT2D eigenvalue weighted by Gasteiger charge is -2.36. The molecule has 2 saturated carbocycles. The van der Waals surface area contributed by atoms with Gasteiger partial charge in [0.1, 0.15) is 0 Å². The van der Waals surface area contributed by atoms with Crippen molar-refractivity contribution in [3.8, 4) is 0 Å². The van der Waals surface area contributed by atoms with Crippen LogP contribution in [-0.2, 0) is 4.79 Å². The predicted molar refractivity (Wildman–Crippen MR) is 74.3 cm³/mol. The standard InChI is InChI=1S/C15H24N2O/c1-3-11(2)15(18)17-16-14-9-5-8-13(10-14)12-6-4-7-12/h3,12-13H,4-10H2,1-2H3,(H,17,18)/b11-3+,16-14+. The number of hydrogen-bond acceptors (Lipinski definition) is 2. The second-order valence-corrected chi connectivity index (χ2v) is 5.64. The highest BCUT2D eigenvalue weighted by Crippen LogP contribution is 2.40. The van der Waals surface area contributed by atoms with Crippen LogP contribution in [0.5, 0.6) is 0 Å². The molecule has 0 aromatic heterocycles. The third-order valence-corrected chi connectivity index (χ3v) is 4.46. The number of nitrogens with one attached hydrogen (secondary N) is 1. The number of amides is 1. The summed E-state index contributed by atoms with van der Waals surface area (Å²) in [6.45, 7) is 3.68. The number of rotatable bonds is 3. The van der Waals surface area contributed by atoms with Crippen LogP contribution >= 0.6 is 0 Å². The van der Waals surface area contributed by atoms with Crippen molar-refractivity contribution in [2.45, 2.75) is 58.8 Å². The molecule has 2 fully saturated rings. The summed E-state index contributed by atoms with van der Waals surface area (Å²) in [5, 5.41) is 4.32. The van der Waals surface area contributed by atoms with Gasteiger partial charge in [-0.15, -0.1) is 0 Å². The minimum Gasteiger partial charge on any atom is -0.268 e. The van der Waals surface area contributed by atoms with Crippen LogP contribution in [0.4, 0.5) is 0 Å². The van der Waals surface area contributed by atoms with E-state index in [2.05, 4.69) is 10.5 Å². The first kappa shape index (κ1) is 13.3. The zero-order valence-corrected chi connectivity index (χ0v) is 11.5. The number of allylic oxidation sites excluding steroid dienone is 1. The zero-order valence-electron chi connectivity index (χ0n) is 11.5. The van der Waals surface area contributed by atoms with Gasteiger partial charge < -0.3 is 0 Å². The summed E-state index contributed by atoms with van der Waals surface area (Å²) in [5.74, 6) is 1.69. The molecule has 1 unspecified atom stereocenters. The SMILES string of the molecule is C/C=C(\C)C(=O)N/N=C1\CCCC(C2CCC2)C1. The van der Waals surface area contributed by atoms with Gasteiger partial charge >= 0.3 is 0 Å². The molecule has 0 aromatic carbocycles. The number of carbonyl (C=O) groups excluding carboxylic acids is 1. The molecule has 3 heteroatoms. The molecule has 18 heavy (non-hydrogen) atoms. The van der Waals surface area contributed by atoms with Crippen LogP contribution in [0, 0.1) is 11.8 Å². The highest BCUT2D eigenvalue weighted by atomic mass is 16.2. The molecule has 1 amide bonds. The Labute approximate surface area is 110 Å². The lowest BCUT2D eigenvalue weighted by Crippen LogP contribution is -2.29. The van der Waals surface area contributed by atoms with Gasteiger partial charge in [0.15, 0.2) is 0 Å². The Morgan fingerprint density at radius 1 is 1.28 bits per heavy atom. The molecular weight excluding hydrogens is 224 g/mol. The van der Waals surface area contributed by atoms with Gasteiger partial charge in [0, 0.05) is 11.3 Å². The van der Waals surface area contributed by atoms with Gasteiger partial charge in [-0.3, -0.25) is 4.79 Å². The number of carbonyl (C=O) groups is 1. The summed E-state index contributed by atoms with van der Waals surface area (Å²) >= 11 is 0. The average molecular weight is 248 g/mol. The van der Waals surface area contributed by atoms with Gasteiger partial charge in [-0.1, -0.05) is 25.3 Å². The summed E-state index contributed by atoms with van der Waals surface area (Å²) in [7, 11) is 0. The number of hydrazone groups is 1. The van der Waals surface area contributed by atoms with E-state index in [1.807, 2.05) is 19.9 Å². The second-order valence-electron chi connectivity index (χ2n) is 5.64. The van der Waals surface area contributed by atoms with Gasteiger partial charge in [-0.2, -0.15) is 5.10 Å². The van der Waals surface area contributed by atoms with Gasteiger partial charge in [-0.05, 0) is 51.4 Å². The van der Waals surface area contributed by atoms with E-state index in [1.165, 1.54) is 37.8 Å². The summed E-state index contributed by atoms with van der Waals surface area (Å²) in [5.41, 5.74) is 4.60. The van der Waals surface area contributed by atoms with Gasteiger partial charge in [0.2, 0.25) is 0 Å². The molecule has 0 aromatic rings. The normalized spacial score (nSPS) is 28.0. The molecule has 1 atom stereocenters. The monoisotopic (exact) mass is 248 g/mol. The Morgan fingerprint density at radius 3 is 2.61 bits per heavy atom. The van der Waals surface area contributed by atoms with E-state index < -0.39 is 0 Å². The Kier molecular flexibility index (Phi) is 4.56. The molecule has 100 valence electrons. The smallest absolute Gasteiger partial charge is 0.266 e. The highest BCUT2D eigenvalue weighted by Gasteiger charge is 2.30. The summed E-state index contributed by atoms with van der Waals surface area (Å²) in [4.78, 5) is 11.6. The summed E-state index contributed by atoms with van der Waals surface area (Å²) in [6, 6.07) is 0. The average Bonchev–Trinajstić information content (AvgIpc) is 2.33. The van der Waals surface area contributed by atoms with Gasteiger partial charge in [0.05, 0.1) is 0 Å². The third-order valence-electron chi connectivity index (χ3n) is 4.46. The van der Waals surface area contributed by atoms with Crippen molar-refractivity contribution in [2.24, 2.45) is 16.9 Å². The molecule has 0 bridgehead atoms. The maximum atomic E-state index is 11.6. The van der Waals surface area contributed by atoms with E-state index >= 15 is 0 Å². The van der Waals surface area contributed by atoms with E-state index in [4.69, 9.17) is 0 Å². The molecule has 3 nitrogen and oxygen atoms in total. The molecule has 2 aliphatic rings. The molecule has 2 aliphatic carbocycles. The van der Waals surface area contributed by atoms with Crippen molar-refractivity contribution >= 4 is 11.6 Å². The number of hydrogen-bond donors (Lipinski definition) is 1. The van der Waals surface area contributed by atoms with Crippen molar-refractivity contribution in [3.05, 3.63) is 11.6 Å². The van der Waals surface area contributed by atoms with Crippen LogP contribution in [0.1, 0.15) is 58.8 Å². The fourth-order valence-corrected chi connectivity index (χ4v) is 2.84. The molecule has 0 heterocycles. The van der Waals surface area contributed by atoms with Crippen molar-refractivity contribution in [1.29, 1.82) is 0 Å². The van der Waals surface area contributed by atoms with Crippen LogP contribution in [0.15, 0.2) is 16.8 Å². The van der Waals surface area contributed by atoms with Crippen molar-refractivity contribution < 1.29 is 4.79 Å². The Morgan fingerprint density at radius 2 is 2.00 bits per heavy atom. The van der Waals surface area contributed by atoms with E-state index in [9.17, 15) is 4.79 Å². The molecule has 2 rings (SSSR count). The Bertz CT molecular complexity index is 367. The minimum absolute atomic E-state index is 0.0734. The zero-order chi connectivity index (χ0) is 13.0. The number of nitrogens with zero attached hydrogens (tertiary/aromatic N) is 1. The maximum absolute atomic E-state index is 11.6. The van der Waals surface area contributed by atoms with Crippen LogP contribution in [0.2, 0.25) is 0 Å². The lowest BCUT2D eigenvalue weighted by atomic mass is 9.70. The van der Waals surface area contributed by atoms with E-state index in [0.29, 0.717) is 0 Å². The quantitative estimate of drug-likeness (QED) is 0.603. The first-order chi connectivity index (χ1) is 8.70. The van der Waals surface area contributed by atoms with Crippen LogP contribution in [0.25, 0.3) is 0 Å². The van der Waals surface area contributed by atoms with E-state index in [1.54, 1.807) is 0 Å². The van der Waals surface area contributed by atoms with Gasteiger partial charge in [-0.25, -0.2) is 5.43 Å². The predicted octanol–water partition coefficient (Wildman–Crippen LogP) is 3.42. The van der Waals surface area contributed by atoms with Gasteiger partial charge in [0.25, 0.3) is 5.91 Å². The minimum atomic E-state index is -0.0734. The van der Waals surface area contributed by atoms with Crippen molar-refractivity contribution in [3.63, 3.8) is 0 Å². The van der Waals surface area contributed by atoms with Crippen LogP contribution < -0.4 is 5.43 Å². The van der Waals surface area contributed by atoms with E-state index in [-0.39, 0.29) is 5.91 Å². The topological polar surface area (TPSA) is 41.5 Å². The van der Waals surface area contributed by atoms with E-state index in [0.717, 1.165) is 30.3 Å². The largest absolute Gasteiger partial charge is 0.268 e. The summed E-state index contributed by atoms with van der Waals surface area (Å²) < 4.78 is 0. The molecule has 0 spiro atoms. The molecule has 0 radical (unpaired) electrons. The molecule has 1 N–H and O–H groups in total. The Balaban J connectivity index is 1.86. The first-order valence-electron chi connectivity index (χ1n) is 7.19. The first-order valence-corrected chi connectivity index (χ1v) is 7.19. The van der Waals surface area contributed by atoms with Crippen LogP contribution in [-0.4, -0.2) is 11.6 Å². The second kappa shape index (κ2) is 6.17. The van der Waals surface area contributed by atoms with Crippen LogP contribution in [0.3, 0.4) is 0 Å². The fraction of sp³-hybridized carbons (Fsp3) is 0.733. The van der Waals surface area contributed by atoms with Crippen molar-refractivity contribution in [1.82, 2.24) is 5.43 Å². The summed E-state index contributed by atoms with van der Waals surface area (Å²) in [6.07, 6.45) is 10.8. The van der Waals surface area contributed by atoms with Crippen molar-refractivity contribution in [2.75, 3.05) is 0 Å². The molecule has 0 aliphatic heterocycles. The molecule has 0 saturated heterocycles. The lowest BCUT2D eigenvalue weighted by molar-refractivity contribution is -0.117. The Hall–Kier alpha value is -1.12. The fourth-order valence-electron chi connectivity index (χ4n) is 2.84.